The third-order valence-corrected chi connectivity index (χ3v) is 13.3. The first-order valence-electron chi connectivity index (χ1n) is 29.4. The van der Waals surface area contributed by atoms with Gasteiger partial charge in [0.2, 0.25) is 5.91 Å². The number of hydrogen-bond donors (Lipinski definition) is 3. The van der Waals surface area contributed by atoms with E-state index in [0.29, 0.717) is 19.4 Å². The summed E-state index contributed by atoms with van der Waals surface area (Å²) in [7, 11) is 0. The maximum Gasteiger partial charge on any atom is 0.305 e. The van der Waals surface area contributed by atoms with Gasteiger partial charge in [-0.2, -0.15) is 0 Å². The lowest BCUT2D eigenvalue weighted by Gasteiger charge is -2.20. The molecule has 6 heteroatoms. The summed E-state index contributed by atoms with van der Waals surface area (Å²) in [4.78, 5) is 24.4. The van der Waals surface area contributed by atoms with Crippen molar-refractivity contribution in [3.63, 3.8) is 0 Å². The lowest BCUT2D eigenvalue weighted by molar-refractivity contribution is -0.143. The van der Waals surface area contributed by atoms with E-state index in [-0.39, 0.29) is 18.5 Å². The van der Waals surface area contributed by atoms with Crippen LogP contribution < -0.4 is 5.32 Å². The van der Waals surface area contributed by atoms with Crippen molar-refractivity contribution in [1.29, 1.82) is 0 Å². The summed E-state index contributed by atoms with van der Waals surface area (Å²) >= 11 is 0. The predicted octanol–water partition coefficient (Wildman–Crippen LogP) is 18.2. The van der Waals surface area contributed by atoms with Crippen LogP contribution in [0.1, 0.15) is 303 Å². The molecule has 0 saturated heterocycles. The Morgan fingerprint density at radius 2 is 0.746 bits per heavy atom. The number of hydrogen-bond acceptors (Lipinski definition) is 5. The van der Waals surface area contributed by atoms with Gasteiger partial charge in [0.15, 0.2) is 0 Å². The molecule has 0 aliphatic rings. The molecule has 1 amide bonds. The number of allylic oxidation sites excluding steroid dienone is 7. The summed E-state index contributed by atoms with van der Waals surface area (Å²) in [5, 5.41) is 23.0. The number of aliphatic hydroxyl groups excluding tert-OH is 2. The molecule has 6 nitrogen and oxygen atoms in total. The van der Waals surface area contributed by atoms with E-state index >= 15 is 0 Å². The average Bonchev–Trinajstić information content (AvgIpc) is 3.33. The fraction of sp³-hybridized carbons (Fsp3) is 0.836. The molecule has 0 rings (SSSR count). The minimum atomic E-state index is -0.845. The van der Waals surface area contributed by atoms with Crippen molar-refractivity contribution in [2.45, 2.75) is 315 Å². The van der Waals surface area contributed by atoms with Crippen LogP contribution in [0.25, 0.3) is 0 Å². The number of ether oxygens (including phenoxy) is 1. The van der Waals surface area contributed by atoms with Gasteiger partial charge in [0, 0.05) is 12.8 Å². The van der Waals surface area contributed by atoms with Crippen molar-refractivity contribution in [1.82, 2.24) is 5.32 Å². The van der Waals surface area contributed by atoms with Crippen molar-refractivity contribution in [2.24, 2.45) is 0 Å². The summed E-state index contributed by atoms with van der Waals surface area (Å²) in [6.45, 7) is 4.86. The fourth-order valence-electron chi connectivity index (χ4n) is 8.78. The van der Waals surface area contributed by atoms with Crippen LogP contribution in [0.2, 0.25) is 0 Å². The molecule has 0 radical (unpaired) electrons. The molecule has 3 N–H and O–H groups in total. The second kappa shape index (κ2) is 56.4. The second-order valence-electron chi connectivity index (χ2n) is 20.0. The Morgan fingerprint density at radius 1 is 0.418 bits per heavy atom. The van der Waals surface area contributed by atoms with Crippen molar-refractivity contribution < 1.29 is 24.5 Å². The van der Waals surface area contributed by atoms with Crippen LogP contribution in [0.3, 0.4) is 0 Å². The van der Waals surface area contributed by atoms with Gasteiger partial charge >= 0.3 is 5.97 Å². The van der Waals surface area contributed by atoms with Crippen molar-refractivity contribution in [3.05, 3.63) is 48.6 Å². The first-order valence-corrected chi connectivity index (χ1v) is 29.4. The largest absolute Gasteiger partial charge is 0.466 e. The minimum Gasteiger partial charge on any atom is -0.466 e. The van der Waals surface area contributed by atoms with Crippen LogP contribution in [0, 0.1) is 0 Å². The summed E-state index contributed by atoms with van der Waals surface area (Å²) in [6.07, 6.45) is 71.5. The molecule has 0 aromatic rings. The lowest BCUT2D eigenvalue weighted by Crippen LogP contribution is -2.45. The van der Waals surface area contributed by atoms with Crippen LogP contribution in [0.4, 0.5) is 0 Å². The molecule has 0 fully saturated rings. The van der Waals surface area contributed by atoms with Gasteiger partial charge in [-0.25, -0.2) is 0 Å². The van der Waals surface area contributed by atoms with Crippen molar-refractivity contribution >= 4 is 11.9 Å². The summed E-state index contributed by atoms with van der Waals surface area (Å²) < 4.78 is 5.46. The molecule has 0 aromatic carbocycles. The molecule has 392 valence electrons. The molecule has 0 aliphatic carbocycles. The maximum atomic E-state index is 12.4. The number of nitrogens with one attached hydrogen (secondary N) is 1. The third kappa shape index (κ3) is 53.0. The van der Waals surface area contributed by atoms with Crippen LogP contribution in [0.5, 0.6) is 0 Å². The van der Waals surface area contributed by atoms with E-state index in [9.17, 15) is 19.8 Å². The van der Waals surface area contributed by atoms with Gasteiger partial charge in [-0.15, -0.1) is 0 Å². The zero-order valence-corrected chi connectivity index (χ0v) is 44.6. The molecule has 0 aromatic heterocycles. The molecule has 0 spiro atoms. The van der Waals surface area contributed by atoms with E-state index in [1.54, 1.807) is 6.08 Å². The van der Waals surface area contributed by atoms with Gasteiger partial charge in [-0.05, 0) is 89.9 Å². The van der Waals surface area contributed by atoms with E-state index < -0.39 is 12.1 Å². The Bertz CT molecular complexity index is 1130. The van der Waals surface area contributed by atoms with Gasteiger partial charge in [0.1, 0.15) is 0 Å². The highest BCUT2D eigenvalue weighted by Gasteiger charge is 2.18. The highest BCUT2D eigenvalue weighted by molar-refractivity contribution is 5.76. The van der Waals surface area contributed by atoms with Gasteiger partial charge in [-0.1, -0.05) is 249 Å². The van der Waals surface area contributed by atoms with Crippen LogP contribution >= 0.6 is 0 Å². The second-order valence-corrected chi connectivity index (χ2v) is 20.0. The predicted molar refractivity (Wildman–Crippen MR) is 292 cm³/mol. The monoisotopic (exact) mass is 940 g/mol. The number of amides is 1. The van der Waals surface area contributed by atoms with Crippen molar-refractivity contribution in [2.75, 3.05) is 13.2 Å². The van der Waals surface area contributed by atoms with Crippen LogP contribution in [-0.4, -0.2) is 47.4 Å². The first-order chi connectivity index (χ1) is 33.0. The van der Waals surface area contributed by atoms with Gasteiger partial charge < -0.3 is 20.3 Å². The quantitative estimate of drug-likeness (QED) is 0.0321. The molecule has 2 atom stereocenters. The van der Waals surface area contributed by atoms with Crippen molar-refractivity contribution in [3.8, 4) is 0 Å². The molecule has 0 saturated carbocycles. The van der Waals surface area contributed by atoms with E-state index in [1.807, 2.05) is 6.08 Å². The molecule has 2 unspecified atom stereocenters. The first kappa shape index (κ1) is 64.8. The topological polar surface area (TPSA) is 95.9 Å². The van der Waals surface area contributed by atoms with E-state index in [2.05, 4.69) is 55.6 Å². The van der Waals surface area contributed by atoms with E-state index in [0.717, 1.165) is 51.4 Å². The smallest absolute Gasteiger partial charge is 0.305 e. The minimum absolute atomic E-state index is 0.000305. The fourth-order valence-corrected chi connectivity index (χ4v) is 8.78. The summed E-state index contributed by atoms with van der Waals surface area (Å²) in [5.41, 5.74) is 0. The van der Waals surface area contributed by atoms with E-state index in [4.69, 9.17) is 4.74 Å². The normalized spacial score (nSPS) is 13.0. The highest BCUT2D eigenvalue weighted by Crippen LogP contribution is 2.16. The Hall–Kier alpha value is -2.18. The zero-order chi connectivity index (χ0) is 48.6. The number of carbonyl (C=O) groups is 2. The SMILES string of the molecule is CCCCCC/C=C\CCCCCCCC(=O)OCCCCCCCCCCC/C=C\C/C=C\CCCCCCCCCCCCCC(=O)NC(CO)C(O)/C=C/CCCCCCCCCC. The highest BCUT2D eigenvalue weighted by atomic mass is 16.5. The molecule has 0 heterocycles. The Labute approximate surface area is 416 Å². The summed E-state index contributed by atoms with van der Waals surface area (Å²) in [6, 6.07) is -0.629. The Kier molecular flexibility index (Phi) is 54.6. The number of carbonyl (C=O) groups excluding carboxylic acids is 2. The Morgan fingerprint density at radius 3 is 1.16 bits per heavy atom. The zero-order valence-electron chi connectivity index (χ0n) is 44.6. The molecular weight excluding hydrogens is 827 g/mol. The van der Waals surface area contributed by atoms with Crippen LogP contribution in [0.15, 0.2) is 48.6 Å². The lowest BCUT2D eigenvalue weighted by atomic mass is 10.0. The van der Waals surface area contributed by atoms with Gasteiger partial charge in [0.25, 0.3) is 0 Å². The molecular formula is C61H113NO5. The summed E-state index contributed by atoms with van der Waals surface area (Å²) in [5.74, 6) is -0.0732. The number of aliphatic hydroxyl groups is 2. The van der Waals surface area contributed by atoms with E-state index in [1.165, 1.54) is 225 Å². The average molecular weight is 941 g/mol. The number of esters is 1. The maximum absolute atomic E-state index is 12.4. The standard InChI is InChI=1S/C61H113NO5/c1-3-5-7-9-11-13-15-31-35-39-43-47-51-55-61(66)67-56-52-48-44-40-36-33-30-28-26-24-22-20-18-16-17-19-21-23-25-27-29-32-34-38-42-46-50-54-60(65)62-58(57-63)59(64)53-49-45-41-37-14-12-10-8-6-4-2/h13,15-17,20,22,49,53,58-59,63-64H,3-12,14,18-19,21,23-48,50-52,54-57H2,1-2H3,(H,62,65)/b15-13-,17-16-,22-20-,53-49+. The number of unbranched alkanes of at least 4 members (excludes halogenated alkanes) is 37. The third-order valence-electron chi connectivity index (χ3n) is 13.3. The number of rotatable bonds is 54. The molecule has 0 aliphatic heterocycles. The van der Waals surface area contributed by atoms with Crippen LogP contribution in [-0.2, 0) is 14.3 Å². The molecule has 67 heavy (non-hydrogen) atoms. The Balaban J connectivity index is 3.42. The molecule has 0 bridgehead atoms. The van der Waals surface area contributed by atoms with Gasteiger partial charge in [-0.3, -0.25) is 9.59 Å². The van der Waals surface area contributed by atoms with Gasteiger partial charge in [0.05, 0.1) is 25.4 Å².